The molecule has 0 atom stereocenters. The van der Waals surface area contributed by atoms with Crippen LogP contribution in [0.15, 0.2) is 0 Å². The molecule has 0 aliphatic rings. The molecule has 0 bridgehead atoms. The van der Waals surface area contributed by atoms with Gasteiger partial charge < -0.3 is 5.11 Å². The Labute approximate surface area is 92.7 Å². The van der Waals surface area contributed by atoms with Crippen LogP contribution < -0.4 is 4.72 Å². The lowest BCUT2D eigenvalue weighted by Gasteiger charge is -2.22. The van der Waals surface area contributed by atoms with Gasteiger partial charge in [-0.2, -0.15) is 12.7 Å². The van der Waals surface area contributed by atoms with Crippen molar-refractivity contribution in [1.29, 1.82) is 0 Å². The highest BCUT2D eigenvalue weighted by Gasteiger charge is 2.20. The van der Waals surface area contributed by atoms with Crippen molar-refractivity contribution in [3.63, 3.8) is 0 Å². The molecule has 0 rings (SSSR count). The van der Waals surface area contributed by atoms with Crippen molar-refractivity contribution in [3.8, 4) is 0 Å². The minimum absolute atomic E-state index is 0.000862. The summed E-state index contributed by atoms with van der Waals surface area (Å²) >= 11 is 0. The van der Waals surface area contributed by atoms with Gasteiger partial charge in [-0.25, -0.2) is 4.72 Å². The van der Waals surface area contributed by atoms with Gasteiger partial charge in [-0.3, -0.25) is 0 Å². The Kier molecular flexibility index (Phi) is 5.72. The van der Waals surface area contributed by atoms with Crippen molar-refractivity contribution >= 4 is 10.2 Å². The summed E-state index contributed by atoms with van der Waals surface area (Å²) in [5.41, 5.74) is -0.0785. The molecule has 92 valence electrons. The van der Waals surface area contributed by atoms with Crippen molar-refractivity contribution in [2.75, 3.05) is 26.7 Å². The summed E-state index contributed by atoms with van der Waals surface area (Å²) < 4.78 is 27.0. The molecule has 15 heavy (non-hydrogen) atoms. The number of rotatable bonds is 6. The third-order valence-corrected chi connectivity index (χ3v) is 3.34. The quantitative estimate of drug-likeness (QED) is 0.693. The van der Waals surface area contributed by atoms with Gasteiger partial charge in [-0.1, -0.05) is 20.8 Å². The summed E-state index contributed by atoms with van der Waals surface area (Å²) in [6.45, 7) is 6.61. The normalized spacial score (nSPS) is 13.5. The summed E-state index contributed by atoms with van der Waals surface area (Å²) in [6.07, 6.45) is 0.451. The van der Waals surface area contributed by atoms with Crippen LogP contribution >= 0.6 is 0 Å². The lowest BCUT2D eigenvalue weighted by Crippen LogP contribution is -2.42. The highest BCUT2D eigenvalue weighted by molar-refractivity contribution is 7.87. The average Bonchev–Trinajstić information content (AvgIpc) is 2.10. The van der Waals surface area contributed by atoms with Gasteiger partial charge in [0, 0.05) is 26.7 Å². The fourth-order valence-electron chi connectivity index (χ4n) is 0.831. The first-order chi connectivity index (χ1) is 6.69. The molecule has 0 aromatic heterocycles. The number of nitrogens with zero attached hydrogens (tertiary/aromatic N) is 1. The van der Waals surface area contributed by atoms with E-state index < -0.39 is 10.2 Å². The van der Waals surface area contributed by atoms with E-state index in [9.17, 15) is 8.42 Å². The molecule has 0 spiro atoms. The molecule has 0 amide bonds. The Balaban J connectivity index is 4.18. The van der Waals surface area contributed by atoms with Gasteiger partial charge >= 0.3 is 0 Å². The smallest absolute Gasteiger partial charge is 0.279 e. The van der Waals surface area contributed by atoms with Crippen molar-refractivity contribution in [2.45, 2.75) is 27.2 Å². The van der Waals surface area contributed by atoms with E-state index in [-0.39, 0.29) is 12.0 Å². The lowest BCUT2D eigenvalue weighted by molar-refractivity contribution is 0.274. The fraction of sp³-hybridized carbons (Fsp3) is 1.00. The van der Waals surface area contributed by atoms with E-state index in [4.69, 9.17) is 5.11 Å². The van der Waals surface area contributed by atoms with Gasteiger partial charge in [-0.05, 0) is 11.8 Å². The Morgan fingerprint density at radius 3 is 2.27 bits per heavy atom. The van der Waals surface area contributed by atoms with Crippen LogP contribution in [0.2, 0.25) is 0 Å². The zero-order chi connectivity index (χ0) is 12.1. The molecule has 0 unspecified atom stereocenters. The monoisotopic (exact) mass is 238 g/mol. The Hall–Kier alpha value is -0.170. The molecule has 0 heterocycles. The number of hydrogen-bond acceptors (Lipinski definition) is 3. The first-order valence-corrected chi connectivity index (χ1v) is 6.45. The maximum atomic E-state index is 11.6. The Bertz CT molecular complexity index is 270. The molecule has 0 aromatic carbocycles. The second-order valence-corrected chi connectivity index (χ2v) is 6.65. The number of aliphatic hydroxyl groups excluding tert-OH is 1. The highest BCUT2D eigenvalue weighted by atomic mass is 32.2. The molecular weight excluding hydrogens is 216 g/mol. The average molecular weight is 238 g/mol. The summed E-state index contributed by atoms with van der Waals surface area (Å²) in [4.78, 5) is 0. The minimum atomic E-state index is -3.39. The van der Waals surface area contributed by atoms with Crippen molar-refractivity contribution in [2.24, 2.45) is 5.41 Å². The molecule has 2 N–H and O–H groups in total. The van der Waals surface area contributed by atoms with Crippen LogP contribution in [0.4, 0.5) is 0 Å². The Morgan fingerprint density at radius 2 is 1.87 bits per heavy atom. The van der Waals surface area contributed by atoms with Gasteiger partial charge in [0.15, 0.2) is 0 Å². The molecule has 0 aromatic rings. The van der Waals surface area contributed by atoms with E-state index in [1.807, 2.05) is 20.8 Å². The zero-order valence-electron chi connectivity index (χ0n) is 9.95. The van der Waals surface area contributed by atoms with Crippen LogP contribution in [0.3, 0.4) is 0 Å². The van der Waals surface area contributed by atoms with Crippen LogP contribution in [0.25, 0.3) is 0 Å². The first-order valence-electron chi connectivity index (χ1n) is 5.01. The van der Waals surface area contributed by atoms with Gasteiger partial charge in [0.2, 0.25) is 0 Å². The number of aliphatic hydroxyl groups is 1. The molecule has 0 saturated heterocycles. The van der Waals surface area contributed by atoms with Crippen molar-refractivity contribution in [1.82, 2.24) is 9.03 Å². The summed E-state index contributed by atoms with van der Waals surface area (Å²) in [5, 5.41) is 8.60. The van der Waals surface area contributed by atoms with E-state index in [1.54, 1.807) is 0 Å². The predicted octanol–water partition coefficient (Wildman–Crippen LogP) is 0.181. The molecule has 5 nitrogen and oxygen atoms in total. The van der Waals surface area contributed by atoms with E-state index in [2.05, 4.69) is 4.72 Å². The Morgan fingerprint density at radius 1 is 1.33 bits per heavy atom. The lowest BCUT2D eigenvalue weighted by atomic mass is 9.98. The van der Waals surface area contributed by atoms with Gasteiger partial charge in [0.25, 0.3) is 10.2 Å². The maximum Gasteiger partial charge on any atom is 0.279 e. The SMILES string of the molecule is CN(CCCO)S(=O)(=O)NCC(C)(C)C. The van der Waals surface area contributed by atoms with Crippen molar-refractivity contribution in [3.05, 3.63) is 0 Å². The number of nitrogens with one attached hydrogen (secondary N) is 1. The van der Waals surface area contributed by atoms with E-state index in [0.29, 0.717) is 19.5 Å². The maximum absolute atomic E-state index is 11.6. The molecule has 0 aliphatic heterocycles. The van der Waals surface area contributed by atoms with Gasteiger partial charge in [-0.15, -0.1) is 0 Å². The molecule has 6 heteroatoms. The van der Waals surface area contributed by atoms with Crippen LogP contribution in [-0.2, 0) is 10.2 Å². The third kappa shape index (κ3) is 6.83. The van der Waals surface area contributed by atoms with Crippen molar-refractivity contribution < 1.29 is 13.5 Å². The van der Waals surface area contributed by atoms with Gasteiger partial charge in [0.05, 0.1) is 0 Å². The molecular formula is C9H22N2O3S. The minimum Gasteiger partial charge on any atom is -0.396 e. The molecule has 0 radical (unpaired) electrons. The van der Waals surface area contributed by atoms with Crippen LogP contribution in [0.1, 0.15) is 27.2 Å². The summed E-state index contributed by atoms with van der Waals surface area (Å²) in [7, 11) is -1.89. The summed E-state index contributed by atoms with van der Waals surface area (Å²) in [5.74, 6) is 0. The fourth-order valence-corrected chi connectivity index (χ4v) is 2.04. The van der Waals surface area contributed by atoms with Crippen LogP contribution in [-0.4, -0.2) is 44.6 Å². The second kappa shape index (κ2) is 5.79. The molecule has 0 aliphatic carbocycles. The van der Waals surface area contributed by atoms with Gasteiger partial charge in [0.1, 0.15) is 0 Å². The zero-order valence-corrected chi connectivity index (χ0v) is 10.8. The van der Waals surface area contributed by atoms with E-state index >= 15 is 0 Å². The standard InChI is InChI=1S/C9H22N2O3S/c1-9(2,3)8-10-15(13,14)11(4)6-5-7-12/h10,12H,5-8H2,1-4H3. The van der Waals surface area contributed by atoms with E-state index in [1.165, 1.54) is 11.4 Å². The van der Waals surface area contributed by atoms with Crippen LogP contribution in [0, 0.1) is 5.41 Å². The topological polar surface area (TPSA) is 69.6 Å². The molecule has 0 fully saturated rings. The largest absolute Gasteiger partial charge is 0.396 e. The van der Waals surface area contributed by atoms with E-state index in [0.717, 1.165) is 0 Å². The summed E-state index contributed by atoms with van der Waals surface area (Å²) in [6, 6.07) is 0. The second-order valence-electron chi connectivity index (χ2n) is 4.79. The predicted molar refractivity (Wildman–Crippen MR) is 60.7 cm³/mol. The van der Waals surface area contributed by atoms with Crippen LogP contribution in [0.5, 0.6) is 0 Å². The number of hydrogen-bond donors (Lipinski definition) is 2. The third-order valence-electron chi connectivity index (χ3n) is 1.83. The first kappa shape index (κ1) is 14.8. The highest BCUT2D eigenvalue weighted by Crippen LogP contribution is 2.11. The molecule has 0 saturated carbocycles.